The van der Waals surface area contributed by atoms with Gasteiger partial charge in [-0.3, -0.25) is 19.7 Å². The quantitative estimate of drug-likeness (QED) is 0.453. The Kier molecular flexibility index (Phi) is 3.83. The molecule has 2 rings (SSSR count). The molecule has 1 aromatic carbocycles. The largest absolute Gasteiger partial charge is 0.393 e. The van der Waals surface area contributed by atoms with Gasteiger partial charge in [0, 0.05) is 26.1 Å². The van der Waals surface area contributed by atoms with Crippen LogP contribution in [0.1, 0.15) is 16.8 Å². The molecule has 0 aliphatic carbocycles. The van der Waals surface area contributed by atoms with Crippen LogP contribution in [-0.4, -0.2) is 41.3 Å². The highest BCUT2D eigenvalue weighted by molar-refractivity contribution is 6.00. The van der Waals surface area contributed by atoms with Gasteiger partial charge in [0.1, 0.15) is 11.3 Å². The third kappa shape index (κ3) is 2.68. The molecule has 0 unspecified atom stereocenters. The van der Waals surface area contributed by atoms with Crippen LogP contribution in [0.2, 0.25) is 0 Å². The van der Waals surface area contributed by atoms with Crippen LogP contribution in [0.3, 0.4) is 0 Å². The summed E-state index contributed by atoms with van der Waals surface area (Å²) in [5.74, 6) is -0.622. The zero-order valence-corrected chi connectivity index (χ0v) is 10.7. The number of nitrogens with two attached hydrogens (primary N) is 1. The van der Waals surface area contributed by atoms with Crippen molar-refractivity contribution < 1.29 is 14.5 Å². The molecule has 8 heteroatoms. The molecule has 3 N–H and O–H groups in total. The molecule has 1 saturated heterocycles. The fourth-order valence-electron chi connectivity index (χ4n) is 2.08. The van der Waals surface area contributed by atoms with Gasteiger partial charge in [-0.05, 0) is 12.1 Å². The second-order valence-corrected chi connectivity index (χ2v) is 4.39. The molecule has 106 valence electrons. The lowest BCUT2D eigenvalue weighted by Gasteiger charge is -2.19. The van der Waals surface area contributed by atoms with E-state index in [1.54, 1.807) is 0 Å². The van der Waals surface area contributed by atoms with E-state index in [0.717, 1.165) is 0 Å². The number of benzene rings is 1. The summed E-state index contributed by atoms with van der Waals surface area (Å²) in [5, 5.41) is 13.7. The first-order valence-corrected chi connectivity index (χ1v) is 6.09. The lowest BCUT2D eigenvalue weighted by molar-refractivity contribution is -0.384. The molecule has 2 amide bonds. The number of hydrogen-bond donors (Lipinski definition) is 2. The van der Waals surface area contributed by atoms with E-state index in [1.807, 2.05) is 0 Å². The van der Waals surface area contributed by atoms with Crippen LogP contribution >= 0.6 is 0 Å². The van der Waals surface area contributed by atoms with Crippen molar-refractivity contribution in [2.45, 2.75) is 6.42 Å². The molecule has 20 heavy (non-hydrogen) atoms. The van der Waals surface area contributed by atoms with Crippen molar-refractivity contribution >= 4 is 23.2 Å². The summed E-state index contributed by atoms with van der Waals surface area (Å²) in [6.07, 6.45) is 0.182. The molecule has 1 heterocycles. The SMILES string of the molecule is Nc1cccc(C(=O)N2CCNC(=O)CC2)c1[N+](=O)[O-]. The molecule has 8 nitrogen and oxygen atoms in total. The summed E-state index contributed by atoms with van der Waals surface area (Å²) in [5.41, 5.74) is 5.07. The van der Waals surface area contributed by atoms with E-state index in [9.17, 15) is 19.7 Å². The third-order valence-electron chi connectivity index (χ3n) is 3.08. The molecule has 0 aromatic heterocycles. The Morgan fingerprint density at radius 2 is 2.15 bits per heavy atom. The molecule has 0 atom stereocenters. The molecule has 0 radical (unpaired) electrons. The topological polar surface area (TPSA) is 119 Å². The van der Waals surface area contributed by atoms with Gasteiger partial charge in [-0.15, -0.1) is 0 Å². The predicted octanol–water partition coefficient (Wildman–Crippen LogP) is 0.139. The van der Waals surface area contributed by atoms with E-state index < -0.39 is 10.8 Å². The minimum atomic E-state index is -0.663. The number of nitrogens with one attached hydrogen (secondary N) is 1. The number of hydrogen-bond acceptors (Lipinski definition) is 5. The standard InChI is InChI=1S/C12H14N4O4/c13-9-3-1-2-8(11(9)16(19)20)12(18)15-6-4-10(17)14-5-7-15/h1-3H,4-7,13H2,(H,14,17). The van der Waals surface area contributed by atoms with Gasteiger partial charge in [-0.2, -0.15) is 0 Å². The van der Waals surface area contributed by atoms with Crippen molar-refractivity contribution in [1.29, 1.82) is 0 Å². The number of rotatable bonds is 2. The summed E-state index contributed by atoms with van der Waals surface area (Å²) < 4.78 is 0. The smallest absolute Gasteiger partial charge is 0.304 e. The van der Waals surface area contributed by atoms with Crippen LogP contribution in [-0.2, 0) is 4.79 Å². The number of nitro benzene ring substituents is 1. The van der Waals surface area contributed by atoms with Gasteiger partial charge in [0.25, 0.3) is 5.91 Å². The van der Waals surface area contributed by atoms with Crippen LogP contribution in [0.4, 0.5) is 11.4 Å². The van der Waals surface area contributed by atoms with Gasteiger partial charge in [0.2, 0.25) is 5.91 Å². The van der Waals surface area contributed by atoms with Crippen LogP contribution in [0, 0.1) is 10.1 Å². The monoisotopic (exact) mass is 278 g/mol. The molecule has 0 bridgehead atoms. The van der Waals surface area contributed by atoms with Gasteiger partial charge in [-0.1, -0.05) is 6.07 Å². The number of nitro groups is 1. The number of amides is 2. The van der Waals surface area contributed by atoms with E-state index in [0.29, 0.717) is 13.1 Å². The molecule has 1 aliphatic heterocycles. The summed E-state index contributed by atoms with van der Waals surface area (Å²) in [4.78, 5) is 35.4. The Balaban J connectivity index is 2.31. The minimum Gasteiger partial charge on any atom is -0.393 e. The summed E-state index contributed by atoms with van der Waals surface area (Å²) >= 11 is 0. The Hall–Kier alpha value is -2.64. The maximum absolute atomic E-state index is 12.4. The molecule has 1 aromatic rings. The van der Waals surface area contributed by atoms with Gasteiger partial charge in [-0.25, -0.2) is 0 Å². The number of para-hydroxylation sites is 1. The van der Waals surface area contributed by atoms with Gasteiger partial charge < -0.3 is 16.0 Å². The zero-order chi connectivity index (χ0) is 14.7. The highest BCUT2D eigenvalue weighted by Gasteiger charge is 2.27. The van der Waals surface area contributed by atoms with Gasteiger partial charge >= 0.3 is 5.69 Å². The second kappa shape index (κ2) is 5.55. The second-order valence-electron chi connectivity index (χ2n) is 4.39. The van der Waals surface area contributed by atoms with E-state index in [4.69, 9.17) is 5.73 Å². The molecule has 1 fully saturated rings. The van der Waals surface area contributed by atoms with Crippen molar-refractivity contribution in [3.8, 4) is 0 Å². The van der Waals surface area contributed by atoms with Crippen LogP contribution in [0.25, 0.3) is 0 Å². The maximum Gasteiger partial charge on any atom is 0.304 e. The first-order valence-electron chi connectivity index (χ1n) is 6.09. The molecule has 0 saturated carbocycles. The van der Waals surface area contributed by atoms with E-state index in [1.165, 1.54) is 23.1 Å². The van der Waals surface area contributed by atoms with Crippen molar-refractivity contribution in [2.24, 2.45) is 0 Å². The van der Waals surface area contributed by atoms with E-state index >= 15 is 0 Å². The van der Waals surface area contributed by atoms with Crippen LogP contribution in [0.5, 0.6) is 0 Å². The number of nitrogen functional groups attached to an aromatic ring is 1. The number of carbonyl (C=O) groups is 2. The molecular formula is C12H14N4O4. The minimum absolute atomic E-state index is 0.0510. The first kappa shape index (κ1) is 13.8. The van der Waals surface area contributed by atoms with Crippen molar-refractivity contribution in [3.05, 3.63) is 33.9 Å². The summed E-state index contributed by atoms with van der Waals surface area (Å²) in [6, 6.07) is 4.25. The lowest BCUT2D eigenvalue weighted by atomic mass is 10.1. The number of anilines is 1. The van der Waals surface area contributed by atoms with E-state index in [2.05, 4.69) is 5.32 Å². The van der Waals surface area contributed by atoms with Crippen molar-refractivity contribution in [1.82, 2.24) is 10.2 Å². The average molecular weight is 278 g/mol. The van der Waals surface area contributed by atoms with Gasteiger partial charge in [0.15, 0.2) is 0 Å². The molecular weight excluding hydrogens is 264 g/mol. The highest BCUT2D eigenvalue weighted by Crippen LogP contribution is 2.27. The molecule has 1 aliphatic rings. The Labute approximate surface area is 114 Å². The fourth-order valence-corrected chi connectivity index (χ4v) is 2.08. The van der Waals surface area contributed by atoms with Gasteiger partial charge in [0.05, 0.1) is 4.92 Å². The third-order valence-corrected chi connectivity index (χ3v) is 3.08. The summed E-state index contributed by atoms with van der Waals surface area (Å²) in [7, 11) is 0. The van der Waals surface area contributed by atoms with E-state index in [-0.39, 0.29) is 35.8 Å². The van der Waals surface area contributed by atoms with Crippen molar-refractivity contribution in [3.63, 3.8) is 0 Å². The molecule has 0 spiro atoms. The number of carbonyl (C=O) groups excluding carboxylic acids is 2. The first-order chi connectivity index (χ1) is 9.50. The number of nitrogens with zero attached hydrogens (tertiary/aromatic N) is 2. The highest BCUT2D eigenvalue weighted by atomic mass is 16.6. The normalized spacial score (nSPS) is 15.4. The maximum atomic E-state index is 12.4. The van der Waals surface area contributed by atoms with Crippen LogP contribution in [0.15, 0.2) is 18.2 Å². The zero-order valence-electron chi connectivity index (χ0n) is 10.7. The van der Waals surface area contributed by atoms with Crippen LogP contribution < -0.4 is 11.1 Å². The Bertz CT molecular complexity index is 573. The van der Waals surface area contributed by atoms with Crippen molar-refractivity contribution in [2.75, 3.05) is 25.4 Å². The fraction of sp³-hybridized carbons (Fsp3) is 0.333. The Morgan fingerprint density at radius 3 is 2.85 bits per heavy atom. The summed E-state index contributed by atoms with van der Waals surface area (Å²) in [6.45, 7) is 0.883. The average Bonchev–Trinajstić information content (AvgIpc) is 2.62. The lowest BCUT2D eigenvalue weighted by Crippen LogP contribution is -2.34. The predicted molar refractivity (Wildman–Crippen MR) is 71.0 cm³/mol. The Morgan fingerprint density at radius 1 is 1.40 bits per heavy atom.